The van der Waals surface area contributed by atoms with Gasteiger partial charge >= 0.3 is 6.18 Å². The van der Waals surface area contributed by atoms with E-state index in [9.17, 15) is 13.2 Å². The Kier molecular flexibility index (Phi) is 64.4. The molecule has 0 aromatic rings. The Hall–Kier alpha value is -0.490. The van der Waals surface area contributed by atoms with Crippen molar-refractivity contribution in [2.75, 3.05) is 106 Å². The first-order valence-electron chi connectivity index (χ1n) is 48.2. The second kappa shape index (κ2) is 60.1. The van der Waals surface area contributed by atoms with Crippen molar-refractivity contribution in [2.45, 2.75) is 457 Å². The summed E-state index contributed by atoms with van der Waals surface area (Å²) in [5.41, 5.74) is 2.72. The summed E-state index contributed by atoms with van der Waals surface area (Å²) in [4.78, 5) is 12.3. The largest absolute Gasteiger partial charge is 0.393 e. The minimum atomic E-state index is -4.06. The fraction of sp³-hybridized carbons (Fsp3) is 1.00. The van der Waals surface area contributed by atoms with Crippen molar-refractivity contribution >= 4 is 0 Å². The fourth-order valence-electron chi connectivity index (χ4n) is 12.8. The molecule has 9 aliphatic rings. The molecule has 0 aromatic heterocycles. The lowest BCUT2D eigenvalue weighted by Gasteiger charge is -2.34. The van der Waals surface area contributed by atoms with E-state index in [0.29, 0.717) is 49.4 Å². The highest BCUT2D eigenvalue weighted by Gasteiger charge is 2.47. The molecule has 7 nitrogen and oxygen atoms in total. The molecule has 114 heavy (non-hydrogen) atoms. The Labute approximate surface area is 720 Å². The second-order valence-corrected chi connectivity index (χ2v) is 48.5. The van der Waals surface area contributed by atoms with E-state index < -0.39 is 11.6 Å². The summed E-state index contributed by atoms with van der Waals surface area (Å²) in [6.07, 6.45) is 24.5. The van der Waals surface area contributed by atoms with Gasteiger partial charge in [-0.25, -0.2) is 0 Å². The third-order valence-electron chi connectivity index (χ3n) is 27.0. The van der Waals surface area contributed by atoms with Gasteiger partial charge in [0.25, 0.3) is 0 Å². The normalized spacial score (nSPS) is 20.2. The standard InChI is InChI=1S/C9H19N.C9H18.C8H18N2.C8H16O.C8H16.2C8H18.C7H15NO.C7H15N.2C7H14.C7H16.C6H14.C5H9F3/c1-8(2)9-4-6-10(3)7-5-9;1-8(2)9-6-4-3-5-7-9;1-8(2)10-6-4-9(3)5-7-10;1-7(2)8-3-5-9-6-4-8;1-7(2,3)8(4)5-6-8;1-7(2)6-8(3,4)5;1-7(2,3)8(4,5)6;1-7(2)8-3-5-9-6-4-8;1-7(2)8-5-3-4-6-8;1-7(2,3)6-4-5-6;1-6(2)7-4-3-5-7;1-6(2)7(3,4)5;1-5-6(2,3)4;1-4(2,3)5(6,7)8/h8-9H,4-7H2,1-3H3;8-9H,3-7H2,1-2H3;8H,4-7H2,1-3H3;7-8H,3-6H2,1-2H3;5-6H2,1-4H3;7H,6H2,1-5H3;1-6H3;7H,3-6H2,1-2H3;7H,3-6H2,1-2H3;6H,4-5H2,1-3H3;6-7H,3-5H2,1-2H3;6H,1-5H3;5H2,1-4H3;1-3H3. The smallest absolute Gasteiger partial charge is 0.381 e. The number of rotatable bonds is 8. The molecule has 9 fully saturated rings. The van der Waals surface area contributed by atoms with Gasteiger partial charge in [0, 0.05) is 70.6 Å². The van der Waals surface area contributed by atoms with E-state index in [0.717, 1.165) is 137 Å². The number of hydrogen-bond acceptors (Lipinski definition) is 7. The lowest BCUT2D eigenvalue weighted by Crippen LogP contribution is -2.47. The molecule has 9 rings (SSSR count). The maximum atomic E-state index is 11.6. The first-order chi connectivity index (χ1) is 51.4. The molecule has 0 bridgehead atoms. The highest BCUT2D eigenvalue weighted by molar-refractivity contribution is 4.97. The number of ether oxygens (including phenoxy) is 2. The van der Waals surface area contributed by atoms with E-state index in [2.05, 4.69) is 322 Å². The monoisotopic (exact) mass is 1630 g/mol. The molecule has 4 saturated carbocycles. The van der Waals surface area contributed by atoms with Crippen molar-refractivity contribution in [1.29, 1.82) is 0 Å². The van der Waals surface area contributed by atoms with Crippen LogP contribution in [-0.2, 0) is 9.47 Å². The zero-order valence-electron chi connectivity index (χ0n) is 87.3. The molecule has 694 valence electrons. The van der Waals surface area contributed by atoms with Crippen molar-refractivity contribution in [2.24, 2.45) is 114 Å². The van der Waals surface area contributed by atoms with Crippen LogP contribution < -0.4 is 0 Å². The molecule has 5 saturated heterocycles. The van der Waals surface area contributed by atoms with E-state index in [4.69, 9.17) is 9.47 Å². The van der Waals surface area contributed by atoms with Crippen LogP contribution in [-0.4, -0.2) is 155 Å². The summed E-state index contributed by atoms with van der Waals surface area (Å²) < 4.78 is 45.1. The number of piperidine rings is 1. The molecule has 0 N–H and O–H groups in total. The van der Waals surface area contributed by atoms with Crippen molar-refractivity contribution in [1.82, 2.24) is 24.5 Å². The molecule has 5 heterocycles. The van der Waals surface area contributed by atoms with Gasteiger partial charge in [-0.1, -0.05) is 321 Å². The Bertz CT molecular complexity index is 1960. The quantitative estimate of drug-likeness (QED) is 0.240. The second-order valence-electron chi connectivity index (χ2n) is 48.5. The maximum absolute atomic E-state index is 11.6. The number of piperazine rings is 1. The van der Waals surface area contributed by atoms with E-state index in [1.807, 2.05) is 0 Å². The number of morpholine rings is 1. The van der Waals surface area contributed by atoms with Crippen LogP contribution in [0.1, 0.15) is 433 Å². The Morgan fingerprint density at radius 1 is 0.342 bits per heavy atom. The van der Waals surface area contributed by atoms with E-state index >= 15 is 0 Å². The minimum Gasteiger partial charge on any atom is -0.381 e. The zero-order valence-corrected chi connectivity index (χ0v) is 87.3. The van der Waals surface area contributed by atoms with Crippen LogP contribution >= 0.6 is 0 Å². The number of hydrogen-bond donors (Lipinski definition) is 0. The number of halogens is 3. The highest BCUT2D eigenvalue weighted by atomic mass is 19.4. The van der Waals surface area contributed by atoms with Crippen LogP contribution in [0.3, 0.4) is 0 Å². The Morgan fingerprint density at radius 3 is 0.798 bits per heavy atom. The predicted octanol–water partition coefficient (Wildman–Crippen LogP) is 31.7. The van der Waals surface area contributed by atoms with Crippen molar-refractivity contribution < 1.29 is 22.6 Å². The lowest BCUT2D eigenvalue weighted by molar-refractivity contribution is -0.204. The molecule has 5 aliphatic heterocycles. The Morgan fingerprint density at radius 2 is 0.632 bits per heavy atom. The number of likely N-dealkylation sites (tertiary alicyclic amines) is 2. The van der Waals surface area contributed by atoms with E-state index in [1.165, 1.54) is 181 Å². The van der Waals surface area contributed by atoms with Crippen LogP contribution in [0.2, 0.25) is 0 Å². The molecule has 0 amide bonds. The van der Waals surface area contributed by atoms with Gasteiger partial charge in [-0.3, -0.25) is 9.80 Å². The first-order valence-corrected chi connectivity index (χ1v) is 48.2. The third-order valence-corrected chi connectivity index (χ3v) is 27.0. The van der Waals surface area contributed by atoms with Crippen molar-refractivity contribution in [3.05, 3.63) is 0 Å². The summed E-state index contributed by atoms with van der Waals surface area (Å²) >= 11 is 0. The predicted molar refractivity (Wildman–Crippen MR) is 511 cm³/mol. The van der Waals surface area contributed by atoms with Gasteiger partial charge < -0.3 is 24.2 Å². The first kappa shape index (κ1) is 122. The van der Waals surface area contributed by atoms with Crippen molar-refractivity contribution in [3.8, 4) is 0 Å². The zero-order chi connectivity index (χ0) is 90.4. The fourth-order valence-corrected chi connectivity index (χ4v) is 12.8. The highest BCUT2D eigenvalue weighted by Crippen LogP contribution is 2.57. The molecule has 10 heteroatoms. The van der Waals surface area contributed by atoms with Crippen LogP contribution in [0.15, 0.2) is 0 Å². The summed E-state index contributed by atoms with van der Waals surface area (Å²) in [5, 5.41) is 0. The number of likely N-dealkylation sites (N-methyl/N-ethyl adjacent to an activating group) is 1. The van der Waals surface area contributed by atoms with Gasteiger partial charge in [0.05, 0.1) is 18.6 Å². The molecule has 0 unspecified atom stereocenters. The van der Waals surface area contributed by atoms with Crippen LogP contribution in [0, 0.1) is 114 Å². The van der Waals surface area contributed by atoms with Crippen LogP contribution in [0.4, 0.5) is 13.2 Å². The Balaban J connectivity index is -0.000000375. The molecule has 0 aromatic carbocycles. The van der Waals surface area contributed by atoms with Gasteiger partial charge in [0.15, 0.2) is 0 Å². The molecular formula is C104H220F3N5O2. The van der Waals surface area contributed by atoms with Gasteiger partial charge in [-0.05, 0) is 261 Å². The summed E-state index contributed by atoms with van der Waals surface area (Å²) in [5.74, 6) is 10.4. The number of nitrogens with zero attached hydrogens (tertiary/aromatic N) is 5. The van der Waals surface area contributed by atoms with Gasteiger partial charge in [-0.2, -0.15) is 13.2 Å². The van der Waals surface area contributed by atoms with Gasteiger partial charge in [0.1, 0.15) is 0 Å². The average Bonchev–Trinajstić information content (AvgIpc) is 1.63. The molecule has 0 spiro atoms. The number of alkyl halides is 3. The SMILES string of the molecule is CC(C)(C)C(C)(C)C.CC(C)(C)C(F)(F)F.CC(C)(C)C1(C)CC1.CC(C)(C)C1CC1.CC(C)C(C)(C)C.CC(C)C1CCC1.CC(C)C1CCCCC1.CC(C)C1CCN(C)CC1.CC(C)C1CCOCC1.CC(C)CC(C)(C)C.CC(C)N1CCCC1.CC(C)N1CCN(C)CC1.CC(C)N1CCOCC1.CCC(C)(C)C. The van der Waals surface area contributed by atoms with Crippen LogP contribution in [0.25, 0.3) is 0 Å². The minimum absolute atomic E-state index is 0.437. The molecule has 0 radical (unpaired) electrons. The summed E-state index contributed by atoms with van der Waals surface area (Å²) in [6, 6.07) is 2.19. The van der Waals surface area contributed by atoms with Crippen LogP contribution in [0.5, 0.6) is 0 Å². The topological polar surface area (TPSA) is 34.7 Å². The summed E-state index contributed by atoms with van der Waals surface area (Å²) in [6.45, 7) is 113. The van der Waals surface area contributed by atoms with Gasteiger partial charge in [-0.15, -0.1) is 0 Å². The summed E-state index contributed by atoms with van der Waals surface area (Å²) in [7, 11) is 4.41. The average molecular weight is 1630 g/mol. The third kappa shape index (κ3) is 70.0. The molecule has 0 atom stereocenters. The lowest BCUT2D eigenvalue weighted by atomic mass is 9.71. The maximum Gasteiger partial charge on any atom is 0.393 e. The molecule has 4 aliphatic carbocycles. The van der Waals surface area contributed by atoms with Crippen molar-refractivity contribution in [3.63, 3.8) is 0 Å². The van der Waals surface area contributed by atoms with E-state index in [-0.39, 0.29) is 0 Å². The van der Waals surface area contributed by atoms with Gasteiger partial charge in [0.2, 0.25) is 0 Å². The molecular weight excluding hydrogens is 1410 g/mol. The van der Waals surface area contributed by atoms with E-state index in [1.54, 1.807) is 0 Å².